The first kappa shape index (κ1) is 16.8. The highest BCUT2D eigenvalue weighted by molar-refractivity contribution is 5.97. The largest absolute Gasteiger partial charge is 0.493 e. The summed E-state index contributed by atoms with van der Waals surface area (Å²) in [6.07, 6.45) is 1.00. The molecule has 3 aliphatic heterocycles. The number of benzene rings is 1. The number of para-hydroxylation sites is 1. The van der Waals surface area contributed by atoms with E-state index in [1.54, 1.807) is 0 Å². The van der Waals surface area contributed by atoms with Crippen LogP contribution in [0.3, 0.4) is 0 Å². The SMILES string of the molecule is CCOc1ccccc1C(=O)N1CC2(CC(N3CCOCC3)CO2)C1. The standard InChI is InChI=1S/C19H26N2O4/c1-2-24-17-6-4-3-5-16(17)18(22)21-13-19(14-21)11-15(12-25-19)20-7-9-23-10-8-20/h3-6,15H,2,7-14H2,1H3. The molecule has 3 aliphatic rings. The molecule has 0 N–H and O–H groups in total. The Bertz CT molecular complexity index is 624. The van der Waals surface area contributed by atoms with Crippen molar-refractivity contribution >= 4 is 5.91 Å². The molecule has 0 saturated carbocycles. The van der Waals surface area contributed by atoms with Gasteiger partial charge >= 0.3 is 0 Å². The third kappa shape index (κ3) is 3.26. The molecule has 136 valence electrons. The second-order valence-electron chi connectivity index (χ2n) is 7.09. The first-order valence-electron chi connectivity index (χ1n) is 9.18. The molecular formula is C19H26N2O4. The molecule has 3 saturated heterocycles. The molecule has 0 aliphatic carbocycles. The van der Waals surface area contributed by atoms with Gasteiger partial charge < -0.3 is 19.1 Å². The van der Waals surface area contributed by atoms with E-state index in [1.165, 1.54) is 0 Å². The van der Waals surface area contributed by atoms with Gasteiger partial charge in [-0.3, -0.25) is 9.69 Å². The summed E-state index contributed by atoms with van der Waals surface area (Å²) < 4.78 is 17.2. The highest BCUT2D eigenvalue weighted by Crippen LogP contribution is 2.38. The Balaban J connectivity index is 1.36. The van der Waals surface area contributed by atoms with Crippen LogP contribution >= 0.6 is 0 Å². The van der Waals surface area contributed by atoms with E-state index in [0.717, 1.165) is 39.3 Å². The molecule has 6 nitrogen and oxygen atoms in total. The van der Waals surface area contributed by atoms with E-state index in [4.69, 9.17) is 14.2 Å². The first-order chi connectivity index (χ1) is 12.2. The highest BCUT2D eigenvalue weighted by Gasteiger charge is 2.52. The van der Waals surface area contributed by atoms with Gasteiger partial charge in [0, 0.05) is 19.1 Å². The molecule has 1 unspecified atom stereocenters. The zero-order valence-corrected chi connectivity index (χ0v) is 14.8. The van der Waals surface area contributed by atoms with Crippen molar-refractivity contribution in [2.24, 2.45) is 0 Å². The van der Waals surface area contributed by atoms with E-state index >= 15 is 0 Å². The number of hydrogen-bond acceptors (Lipinski definition) is 5. The maximum absolute atomic E-state index is 12.8. The number of carbonyl (C=O) groups excluding carboxylic acids is 1. The van der Waals surface area contributed by atoms with Gasteiger partial charge in [0.15, 0.2) is 0 Å². The van der Waals surface area contributed by atoms with E-state index in [2.05, 4.69) is 4.90 Å². The Hall–Kier alpha value is -1.63. The third-order valence-corrected chi connectivity index (χ3v) is 5.41. The number of morpholine rings is 1. The Morgan fingerprint density at radius 3 is 2.80 bits per heavy atom. The van der Waals surface area contributed by atoms with Gasteiger partial charge in [-0.25, -0.2) is 0 Å². The molecule has 1 spiro atoms. The van der Waals surface area contributed by atoms with Gasteiger partial charge in [0.05, 0.1) is 45.1 Å². The van der Waals surface area contributed by atoms with Crippen LogP contribution in [0.25, 0.3) is 0 Å². The van der Waals surface area contributed by atoms with E-state index in [9.17, 15) is 4.79 Å². The highest BCUT2D eigenvalue weighted by atomic mass is 16.5. The van der Waals surface area contributed by atoms with Crippen molar-refractivity contribution in [1.82, 2.24) is 9.80 Å². The number of hydrogen-bond donors (Lipinski definition) is 0. The summed E-state index contributed by atoms with van der Waals surface area (Å²) in [5.41, 5.74) is 0.487. The van der Waals surface area contributed by atoms with Gasteiger partial charge in [-0.15, -0.1) is 0 Å². The second-order valence-corrected chi connectivity index (χ2v) is 7.09. The third-order valence-electron chi connectivity index (χ3n) is 5.41. The number of nitrogens with zero attached hydrogens (tertiary/aromatic N) is 2. The summed E-state index contributed by atoms with van der Waals surface area (Å²) in [6, 6.07) is 7.92. The van der Waals surface area contributed by atoms with Crippen LogP contribution in [-0.2, 0) is 9.47 Å². The molecule has 1 aromatic rings. The van der Waals surface area contributed by atoms with Crippen LogP contribution in [0.15, 0.2) is 24.3 Å². The van der Waals surface area contributed by atoms with E-state index in [1.807, 2.05) is 36.1 Å². The lowest BCUT2D eigenvalue weighted by Crippen LogP contribution is -2.63. The predicted octanol–water partition coefficient (Wildman–Crippen LogP) is 1.40. The van der Waals surface area contributed by atoms with Crippen molar-refractivity contribution in [2.45, 2.75) is 25.0 Å². The smallest absolute Gasteiger partial charge is 0.257 e. The van der Waals surface area contributed by atoms with Gasteiger partial charge in [-0.05, 0) is 25.5 Å². The molecular weight excluding hydrogens is 320 g/mol. The average Bonchev–Trinajstić information content (AvgIpc) is 3.07. The molecule has 0 radical (unpaired) electrons. The maximum Gasteiger partial charge on any atom is 0.257 e. The Kier molecular flexibility index (Phi) is 4.67. The molecule has 4 rings (SSSR count). The quantitative estimate of drug-likeness (QED) is 0.825. The molecule has 3 heterocycles. The monoisotopic (exact) mass is 346 g/mol. The van der Waals surface area contributed by atoms with Crippen LogP contribution in [0.2, 0.25) is 0 Å². The lowest BCUT2D eigenvalue weighted by atomic mass is 9.88. The Morgan fingerprint density at radius 1 is 1.28 bits per heavy atom. The Labute approximate surface area is 148 Å². The Morgan fingerprint density at radius 2 is 2.04 bits per heavy atom. The predicted molar refractivity (Wildman–Crippen MR) is 93.0 cm³/mol. The van der Waals surface area contributed by atoms with Gasteiger partial charge in [0.2, 0.25) is 0 Å². The van der Waals surface area contributed by atoms with Crippen LogP contribution in [0.5, 0.6) is 5.75 Å². The zero-order chi connectivity index (χ0) is 17.3. The normalized spacial score (nSPS) is 25.8. The minimum Gasteiger partial charge on any atom is -0.493 e. The van der Waals surface area contributed by atoms with Crippen molar-refractivity contribution in [3.8, 4) is 5.75 Å². The number of amides is 1. The fourth-order valence-electron chi connectivity index (χ4n) is 4.11. The van der Waals surface area contributed by atoms with Crippen molar-refractivity contribution in [2.75, 3.05) is 52.6 Å². The van der Waals surface area contributed by atoms with Crippen LogP contribution in [0.1, 0.15) is 23.7 Å². The summed E-state index contributed by atoms with van der Waals surface area (Å²) in [6.45, 7) is 8.17. The molecule has 25 heavy (non-hydrogen) atoms. The summed E-state index contributed by atoms with van der Waals surface area (Å²) in [4.78, 5) is 17.1. The molecule has 0 bridgehead atoms. The van der Waals surface area contributed by atoms with Crippen LogP contribution < -0.4 is 4.74 Å². The van der Waals surface area contributed by atoms with E-state index in [0.29, 0.717) is 37.1 Å². The number of rotatable bonds is 4. The summed E-state index contributed by atoms with van der Waals surface area (Å²) in [7, 11) is 0. The minimum atomic E-state index is -0.154. The minimum absolute atomic E-state index is 0.0353. The zero-order valence-electron chi connectivity index (χ0n) is 14.8. The van der Waals surface area contributed by atoms with E-state index in [-0.39, 0.29) is 11.5 Å². The topological polar surface area (TPSA) is 51.2 Å². The lowest BCUT2D eigenvalue weighted by Gasteiger charge is -2.47. The molecule has 6 heteroatoms. The van der Waals surface area contributed by atoms with Gasteiger partial charge in [0.25, 0.3) is 5.91 Å². The van der Waals surface area contributed by atoms with Gasteiger partial charge in [-0.1, -0.05) is 12.1 Å². The summed E-state index contributed by atoms with van der Waals surface area (Å²) in [5.74, 6) is 0.697. The van der Waals surface area contributed by atoms with E-state index < -0.39 is 0 Å². The lowest BCUT2D eigenvalue weighted by molar-refractivity contribution is -0.0952. The van der Waals surface area contributed by atoms with Crippen LogP contribution in [0, 0.1) is 0 Å². The van der Waals surface area contributed by atoms with Crippen molar-refractivity contribution in [3.63, 3.8) is 0 Å². The van der Waals surface area contributed by atoms with Crippen molar-refractivity contribution in [3.05, 3.63) is 29.8 Å². The van der Waals surface area contributed by atoms with Crippen LogP contribution in [-0.4, -0.2) is 80.0 Å². The molecule has 1 amide bonds. The van der Waals surface area contributed by atoms with Crippen LogP contribution in [0.4, 0.5) is 0 Å². The second kappa shape index (κ2) is 6.94. The van der Waals surface area contributed by atoms with Crippen molar-refractivity contribution in [1.29, 1.82) is 0 Å². The fourth-order valence-corrected chi connectivity index (χ4v) is 4.11. The van der Waals surface area contributed by atoms with Gasteiger partial charge in [-0.2, -0.15) is 0 Å². The molecule has 1 aromatic carbocycles. The molecule has 0 aromatic heterocycles. The number of likely N-dealkylation sites (tertiary alicyclic amines) is 1. The number of ether oxygens (including phenoxy) is 3. The number of carbonyl (C=O) groups is 1. The maximum atomic E-state index is 12.8. The fraction of sp³-hybridized carbons (Fsp3) is 0.632. The molecule has 1 atom stereocenters. The summed E-state index contributed by atoms with van der Waals surface area (Å²) >= 11 is 0. The first-order valence-corrected chi connectivity index (χ1v) is 9.18. The molecule has 3 fully saturated rings. The van der Waals surface area contributed by atoms with Crippen molar-refractivity contribution < 1.29 is 19.0 Å². The summed E-state index contributed by atoms with van der Waals surface area (Å²) in [5, 5.41) is 0. The average molecular weight is 346 g/mol. The van der Waals surface area contributed by atoms with Gasteiger partial charge in [0.1, 0.15) is 11.4 Å².